The number of hydrogen-bond donors (Lipinski definition) is 2. The van der Waals surface area contributed by atoms with Crippen LogP contribution >= 0.6 is 0 Å². The Bertz CT molecular complexity index is 162. The van der Waals surface area contributed by atoms with Crippen LogP contribution in [0.3, 0.4) is 0 Å². The van der Waals surface area contributed by atoms with E-state index in [2.05, 4.69) is 0 Å². The predicted molar refractivity (Wildman–Crippen MR) is 52.7 cm³/mol. The van der Waals surface area contributed by atoms with Gasteiger partial charge in [-0.1, -0.05) is 0 Å². The molecule has 1 fully saturated rings. The van der Waals surface area contributed by atoms with Gasteiger partial charge in [0.2, 0.25) is 0 Å². The second-order valence-corrected chi connectivity index (χ2v) is 3.32. The standard InChI is InChI=1S/C9H20N2O3/c1-3-12-9(13-4-2)8-7(11)6(10)5-14-8/h6-9H,3-5,10-11H2,1-2H3/t6-,7-,8-/m0/s1. The Morgan fingerprint density at radius 2 is 1.86 bits per heavy atom. The molecular formula is C9H20N2O3. The lowest BCUT2D eigenvalue weighted by atomic mass is 10.1. The number of ether oxygens (including phenoxy) is 3. The molecular weight excluding hydrogens is 184 g/mol. The van der Waals surface area contributed by atoms with Crippen molar-refractivity contribution < 1.29 is 14.2 Å². The average Bonchev–Trinajstić information content (AvgIpc) is 2.48. The average molecular weight is 204 g/mol. The first-order valence-electron chi connectivity index (χ1n) is 5.06. The smallest absolute Gasteiger partial charge is 0.185 e. The third-order valence-corrected chi connectivity index (χ3v) is 2.28. The number of rotatable bonds is 5. The first-order valence-corrected chi connectivity index (χ1v) is 5.06. The van der Waals surface area contributed by atoms with E-state index < -0.39 is 6.29 Å². The molecule has 0 aromatic heterocycles. The van der Waals surface area contributed by atoms with E-state index in [0.717, 1.165) is 0 Å². The topological polar surface area (TPSA) is 79.7 Å². The molecule has 1 rings (SSSR count). The van der Waals surface area contributed by atoms with Crippen LogP contribution in [0.1, 0.15) is 13.8 Å². The molecule has 1 heterocycles. The van der Waals surface area contributed by atoms with Crippen LogP contribution in [0.15, 0.2) is 0 Å². The molecule has 3 atom stereocenters. The van der Waals surface area contributed by atoms with Gasteiger partial charge < -0.3 is 25.7 Å². The molecule has 0 aromatic rings. The zero-order valence-electron chi connectivity index (χ0n) is 8.81. The monoisotopic (exact) mass is 204 g/mol. The highest BCUT2D eigenvalue weighted by atomic mass is 16.7. The van der Waals surface area contributed by atoms with Gasteiger partial charge in [-0.3, -0.25) is 0 Å². The summed E-state index contributed by atoms with van der Waals surface area (Å²) >= 11 is 0. The minimum Gasteiger partial charge on any atom is -0.370 e. The van der Waals surface area contributed by atoms with Crippen molar-refractivity contribution in [1.82, 2.24) is 0 Å². The molecule has 0 bridgehead atoms. The molecule has 0 unspecified atom stereocenters. The molecule has 5 heteroatoms. The maximum atomic E-state index is 5.87. The quantitative estimate of drug-likeness (QED) is 0.587. The minimum atomic E-state index is -0.395. The van der Waals surface area contributed by atoms with Gasteiger partial charge in [0.05, 0.1) is 12.6 Å². The first kappa shape index (κ1) is 11.9. The van der Waals surface area contributed by atoms with Crippen molar-refractivity contribution in [3.05, 3.63) is 0 Å². The largest absolute Gasteiger partial charge is 0.370 e. The Balaban J connectivity index is 2.50. The van der Waals surface area contributed by atoms with Crippen molar-refractivity contribution >= 4 is 0 Å². The zero-order valence-corrected chi connectivity index (χ0v) is 8.81. The third-order valence-electron chi connectivity index (χ3n) is 2.28. The lowest BCUT2D eigenvalue weighted by molar-refractivity contribution is -0.194. The fraction of sp³-hybridized carbons (Fsp3) is 1.00. The molecule has 0 amide bonds. The molecule has 0 saturated carbocycles. The summed E-state index contributed by atoms with van der Waals surface area (Å²) in [5.41, 5.74) is 11.6. The normalized spacial score (nSPS) is 32.8. The maximum absolute atomic E-state index is 5.87. The second kappa shape index (κ2) is 5.63. The lowest BCUT2D eigenvalue weighted by Gasteiger charge is -2.25. The van der Waals surface area contributed by atoms with E-state index in [0.29, 0.717) is 19.8 Å². The fourth-order valence-electron chi connectivity index (χ4n) is 1.51. The molecule has 0 radical (unpaired) electrons. The number of nitrogens with two attached hydrogens (primary N) is 2. The van der Waals surface area contributed by atoms with Gasteiger partial charge in [0.25, 0.3) is 0 Å². The van der Waals surface area contributed by atoms with Crippen LogP contribution in [0.5, 0.6) is 0 Å². The van der Waals surface area contributed by atoms with Gasteiger partial charge in [-0.05, 0) is 13.8 Å². The van der Waals surface area contributed by atoms with E-state index >= 15 is 0 Å². The molecule has 14 heavy (non-hydrogen) atoms. The summed E-state index contributed by atoms with van der Waals surface area (Å²) in [4.78, 5) is 0. The van der Waals surface area contributed by atoms with E-state index in [1.54, 1.807) is 0 Å². The Morgan fingerprint density at radius 3 is 2.21 bits per heavy atom. The van der Waals surface area contributed by atoms with Gasteiger partial charge >= 0.3 is 0 Å². The Hall–Kier alpha value is -0.200. The maximum Gasteiger partial charge on any atom is 0.185 e. The highest BCUT2D eigenvalue weighted by Crippen LogP contribution is 2.17. The summed E-state index contributed by atoms with van der Waals surface area (Å²) in [5.74, 6) is 0. The molecule has 1 aliphatic rings. The number of hydrogen-bond acceptors (Lipinski definition) is 5. The molecule has 0 spiro atoms. The van der Waals surface area contributed by atoms with Crippen molar-refractivity contribution in [2.24, 2.45) is 11.5 Å². The van der Waals surface area contributed by atoms with Gasteiger partial charge in [0.1, 0.15) is 6.10 Å². The van der Waals surface area contributed by atoms with E-state index in [4.69, 9.17) is 25.7 Å². The first-order chi connectivity index (χ1) is 6.70. The molecule has 84 valence electrons. The van der Waals surface area contributed by atoms with Crippen LogP contribution in [0.4, 0.5) is 0 Å². The van der Waals surface area contributed by atoms with Crippen LogP contribution in [0.25, 0.3) is 0 Å². The highest BCUT2D eigenvalue weighted by molar-refractivity contribution is 4.91. The third kappa shape index (κ3) is 2.65. The summed E-state index contributed by atoms with van der Waals surface area (Å²) in [7, 11) is 0. The predicted octanol–water partition coefficient (Wildman–Crippen LogP) is -0.561. The minimum absolute atomic E-state index is 0.122. The Kier molecular flexibility index (Phi) is 4.77. The van der Waals surface area contributed by atoms with Crippen molar-refractivity contribution in [2.45, 2.75) is 38.3 Å². The summed E-state index contributed by atoms with van der Waals surface area (Å²) in [5, 5.41) is 0. The van der Waals surface area contributed by atoms with Crippen LogP contribution in [-0.4, -0.2) is 44.3 Å². The van der Waals surface area contributed by atoms with Gasteiger partial charge in [0.15, 0.2) is 6.29 Å². The van der Waals surface area contributed by atoms with Crippen molar-refractivity contribution in [1.29, 1.82) is 0 Å². The zero-order chi connectivity index (χ0) is 10.6. The van der Waals surface area contributed by atoms with Crippen LogP contribution in [0, 0.1) is 0 Å². The molecule has 0 aliphatic carbocycles. The molecule has 1 aliphatic heterocycles. The Labute approximate surface area is 84.7 Å². The van der Waals surface area contributed by atoms with Gasteiger partial charge in [0, 0.05) is 19.3 Å². The summed E-state index contributed by atoms with van der Waals surface area (Å²) in [6.07, 6.45) is -0.640. The Morgan fingerprint density at radius 1 is 1.29 bits per heavy atom. The second-order valence-electron chi connectivity index (χ2n) is 3.32. The van der Waals surface area contributed by atoms with Crippen molar-refractivity contribution in [3.63, 3.8) is 0 Å². The van der Waals surface area contributed by atoms with Crippen molar-refractivity contribution in [3.8, 4) is 0 Å². The van der Waals surface area contributed by atoms with Gasteiger partial charge in [-0.15, -0.1) is 0 Å². The summed E-state index contributed by atoms with van der Waals surface area (Å²) in [6.45, 7) is 5.44. The summed E-state index contributed by atoms with van der Waals surface area (Å²) in [6, 6.07) is -0.332. The van der Waals surface area contributed by atoms with E-state index in [1.807, 2.05) is 13.8 Å². The molecule has 5 nitrogen and oxygen atoms in total. The van der Waals surface area contributed by atoms with E-state index in [-0.39, 0.29) is 18.2 Å². The molecule has 0 aromatic carbocycles. The lowest BCUT2D eigenvalue weighted by Crippen LogP contribution is -2.49. The SMILES string of the molecule is CCOC(OCC)[C@H]1OC[C@H](N)[C@@H]1N. The summed E-state index contributed by atoms with van der Waals surface area (Å²) < 4.78 is 16.2. The van der Waals surface area contributed by atoms with E-state index in [1.165, 1.54) is 0 Å². The van der Waals surface area contributed by atoms with Gasteiger partial charge in [-0.25, -0.2) is 0 Å². The van der Waals surface area contributed by atoms with Crippen molar-refractivity contribution in [2.75, 3.05) is 19.8 Å². The fourth-order valence-corrected chi connectivity index (χ4v) is 1.51. The molecule has 1 saturated heterocycles. The van der Waals surface area contributed by atoms with Crippen LogP contribution in [0.2, 0.25) is 0 Å². The highest BCUT2D eigenvalue weighted by Gasteiger charge is 2.38. The van der Waals surface area contributed by atoms with E-state index in [9.17, 15) is 0 Å². The van der Waals surface area contributed by atoms with Gasteiger partial charge in [-0.2, -0.15) is 0 Å². The van der Waals surface area contributed by atoms with Crippen LogP contribution < -0.4 is 11.5 Å². The van der Waals surface area contributed by atoms with Crippen LogP contribution in [-0.2, 0) is 14.2 Å². The molecule has 4 N–H and O–H groups in total.